The Labute approximate surface area is 158 Å². The first-order valence-electron chi connectivity index (χ1n) is 7.64. The second-order valence-electron chi connectivity index (χ2n) is 5.35. The molecule has 2 aromatic rings. The van der Waals surface area contributed by atoms with Crippen LogP contribution < -0.4 is 10.2 Å². The molecule has 0 unspecified atom stereocenters. The number of carbonyl (C=O) groups is 1. The summed E-state index contributed by atoms with van der Waals surface area (Å²) in [4.78, 5) is 27.4. The number of thioether (sulfide) groups is 1. The summed E-state index contributed by atoms with van der Waals surface area (Å²) in [6, 6.07) is 2.08. The van der Waals surface area contributed by atoms with Crippen LogP contribution in [-0.2, 0) is 0 Å². The number of thiazole rings is 1. The first kappa shape index (κ1) is 17.9. The van der Waals surface area contributed by atoms with Crippen molar-refractivity contribution in [2.45, 2.75) is 24.0 Å². The molecule has 1 amide bonds. The van der Waals surface area contributed by atoms with Gasteiger partial charge in [0.25, 0.3) is 5.91 Å². The number of rotatable bonds is 5. The van der Waals surface area contributed by atoms with E-state index >= 15 is 0 Å². The van der Waals surface area contributed by atoms with Gasteiger partial charge in [-0.05, 0) is 19.8 Å². The Morgan fingerprint density at radius 2 is 2.24 bits per heavy atom. The predicted molar refractivity (Wildman–Crippen MR) is 99.6 cm³/mol. The van der Waals surface area contributed by atoms with Gasteiger partial charge in [-0.2, -0.15) is 5.26 Å². The summed E-state index contributed by atoms with van der Waals surface area (Å²) >= 11 is 8.84. The second kappa shape index (κ2) is 7.99. The lowest BCUT2D eigenvalue weighted by Crippen LogP contribution is -2.23. The molecule has 3 heterocycles. The number of aryl methyl sites for hydroxylation is 1. The summed E-state index contributed by atoms with van der Waals surface area (Å²) in [5, 5.41) is 12.1. The Hall–Kier alpha value is -1.89. The highest BCUT2D eigenvalue weighted by Crippen LogP contribution is 2.32. The van der Waals surface area contributed by atoms with Gasteiger partial charge in [-0.1, -0.05) is 34.7 Å². The Morgan fingerprint density at radius 3 is 2.96 bits per heavy atom. The van der Waals surface area contributed by atoms with Crippen molar-refractivity contribution in [1.29, 1.82) is 5.26 Å². The van der Waals surface area contributed by atoms with E-state index < -0.39 is 5.91 Å². The highest BCUT2D eigenvalue weighted by molar-refractivity contribution is 8.01. The van der Waals surface area contributed by atoms with Gasteiger partial charge in [0.2, 0.25) is 5.95 Å². The molecule has 1 saturated heterocycles. The van der Waals surface area contributed by atoms with Crippen LogP contribution in [0.3, 0.4) is 0 Å². The molecule has 0 aromatic carbocycles. The van der Waals surface area contributed by atoms with Crippen molar-refractivity contribution < 1.29 is 4.79 Å². The summed E-state index contributed by atoms with van der Waals surface area (Å²) in [5.74, 6) is 0.443. The Bertz CT molecular complexity index is 828. The van der Waals surface area contributed by atoms with Gasteiger partial charge < -0.3 is 4.90 Å². The zero-order valence-corrected chi connectivity index (χ0v) is 15.8. The molecule has 0 aliphatic carbocycles. The molecular weight excluding hydrogens is 380 g/mol. The second-order valence-corrected chi connectivity index (χ2v) is 8.00. The molecule has 0 bridgehead atoms. The average molecular weight is 395 g/mol. The zero-order chi connectivity index (χ0) is 17.8. The van der Waals surface area contributed by atoms with Crippen LogP contribution in [0.15, 0.2) is 10.4 Å². The number of hydrogen-bond acceptors (Lipinski definition) is 8. The molecule has 25 heavy (non-hydrogen) atoms. The minimum absolute atomic E-state index is 0.137. The van der Waals surface area contributed by atoms with E-state index in [1.54, 1.807) is 0 Å². The Kier molecular flexibility index (Phi) is 5.73. The molecule has 1 fully saturated rings. The maximum absolute atomic E-state index is 12.5. The molecule has 1 aliphatic heterocycles. The minimum atomic E-state index is -0.418. The van der Waals surface area contributed by atoms with Crippen molar-refractivity contribution in [1.82, 2.24) is 15.0 Å². The van der Waals surface area contributed by atoms with Crippen molar-refractivity contribution in [2.75, 3.05) is 29.1 Å². The van der Waals surface area contributed by atoms with Gasteiger partial charge in [0.1, 0.15) is 0 Å². The number of hydrogen-bond donors (Lipinski definition) is 1. The monoisotopic (exact) mass is 394 g/mol. The fourth-order valence-electron chi connectivity index (χ4n) is 2.41. The molecule has 0 atom stereocenters. The lowest BCUT2D eigenvalue weighted by molar-refractivity contribution is 0.102. The third-order valence-electron chi connectivity index (χ3n) is 3.58. The summed E-state index contributed by atoms with van der Waals surface area (Å²) in [6.45, 7) is 3.61. The smallest absolute Gasteiger partial charge is 0.277 e. The van der Waals surface area contributed by atoms with E-state index in [-0.39, 0.29) is 10.7 Å². The van der Waals surface area contributed by atoms with Crippen LogP contribution in [0.2, 0.25) is 5.02 Å². The Balaban J connectivity index is 1.77. The van der Waals surface area contributed by atoms with Crippen LogP contribution in [0, 0.1) is 18.3 Å². The van der Waals surface area contributed by atoms with Crippen molar-refractivity contribution >= 4 is 51.7 Å². The fraction of sp³-hybridized carbons (Fsp3) is 0.400. The number of halogens is 1. The highest BCUT2D eigenvalue weighted by Gasteiger charge is 2.20. The van der Waals surface area contributed by atoms with Crippen molar-refractivity contribution in [3.8, 4) is 6.07 Å². The topological polar surface area (TPSA) is 94.8 Å². The standard InChI is InChI=1S/C15H15ClN6OS2/c1-9-13(24-7-4-17)25-15(19-9)21-12(23)11-10(16)8-18-14(20-11)22-5-2-3-6-22/h8H,2-3,5-7H2,1H3,(H,19,21,23). The number of nitrogens with one attached hydrogen (secondary N) is 1. The minimum Gasteiger partial charge on any atom is -0.341 e. The van der Waals surface area contributed by atoms with Crippen molar-refractivity contribution in [3.63, 3.8) is 0 Å². The van der Waals surface area contributed by atoms with Crippen LogP contribution in [0.4, 0.5) is 11.1 Å². The average Bonchev–Trinajstić information content (AvgIpc) is 3.23. The largest absolute Gasteiger partial charge is 0.341 e. The van der Waals surface area contributed by atoms with Crippen LogP contribution in [0.1, 0.15) is 29.0 Å². The molecular formula is C15H15ClN6OS2. The van der Waals surface area contributed by atoms with E-state index in [2.05, 4.69) is 26.3 Å². The van der Waals surface area contributed by atoms with E-state index in [4.69, 9.17) is 16.9 Å². The summed E-state index contributed by atoms with van der Waals surface area (Å²) < 4.78 is 0.906. The van der Waals surface area contributed by atoms with E-state index in [1.165, 1.54) is 29.3 Å². The lowest BCUT2D eigenvalue weighted by atomic mass is 10.4. The van der Waals surface area contributed by atoms with Crippen LogP contribution in [0.25, 0.3) is 0 Å². The summed E-state index contributed by atoms with van der Waals surface area (Å²) in [6.07, 6.45) is 3.64. The summed E-state index contributed by atoms with van der Waals surface area (Å²) in [5.41, 5.74) is 0.921. The molecule has 130 valence electrons. The van der Waals surface area contributed by atoms with Gasteiger partial charge in [0.15, 0.2) is 10.8 Å². The van der Waals surface area contributed by atoms with Gasteiger partial charge in [-0.15, -0.1) is 0 Å². The summed E-state index contributed by atoms with van der Waals surface area (Å²) in [7, 11) is 0. The van der Waals surface area contributed by atoms with Gasteiger partial charge in [0.05, 0.1) is 32.9 Å². The lowest BCUT2D eigenvalue weighted by Gasteiger charge is -2.15. The number of carbonyl (C=O) groups excluding carboxylic acids is 1. The molecule has 2 aromatic heterocycles. The normalized spacial score (nSPS) is 13.7. The SMILES string of the molecule is Cc1nc(NC(=O)c2nc(N3CCCC3)ncc2Cl)sc1SCC#N. The van der Waals surface area contributed by atoms with Gasteiger partial charge >= 0.3 is 0 Å². The third kappa shape index (κ3) is 4.21. The molecule has 0 saturated carbocycles. The number of amides is 1. The number of anilines is 2. The molecule has 1 aliphatic rings. The predicted octanol–water partition coefficient (Wildman–Crippen LogP) is 3.36. The van der Waals surface area contributed by atoms with E-state index in [0.29, 0.717) is 16.8 Å². The van der Waals surface area contributed by atoms with Crippen LogP contribution in [-0.4, -0.2) is 39.7 Å². The third-order valence-corrected chi connectivity index (χ3v) is 6.16. The van der Waals surface area contributed by atoms with Crippen molar-refractivity contribution in [3.05, 3.63) is 22.6 Å². The van der Waals surface area contributed by atoms with E-state index in [9.17, 15) is 4.79 Å². The molecule has 0 spiro atoms. The first-order chi connectivity index (χ1) is 12.1. The maximum atomic E-state index is 12.5. The highest BCUT2D eigenvalue weighted by atomic mass is 35.5. The first-order valence-corrected chi connectivity index (χ1v) is 9.82. The van der Waals surface area contributed by atoms with E-state index in [0.717, 1.165) is 35.8 Å². The van der Waals surface area contributed by atoms with Crippen molar-refractivity contribution in [2.24, 2.45) is 0 Å². The van der Waals surface area contributed by atoms with Gasteiger partial charge in [-0.25, -0.2) is 15.0 Å². The van der Waals surface area contributed by atoms with Gasteiger partial charge in [-0.3, -0.25) is 10.1 Å². The van der Waals surface area contributed by atoms with Gasteiger partial charge in [0, 0.05) is 13.1 Å². The molecule has 7 nitrogen and oxygen atoms in total. The van der Waals surface area contributed by atoms with E-state index in [1.807, 2.05) is 11.8 Å². The Morgan fingerprint density at radius 1 is 1.48 bits per heavy atom. The quantitative estimate of drug-likeness (QED) is 0.776. The number of nitrogens with zero attached hydrogens (tertiary/aromatic N) is 5. The van der Waals surface area contributed by atoms with Crippen LogP contribution in [0.5, 0.6) is 0 Å². The number of aromatic nitrogens is 3. The molecule has 1 N–H and O–H groups in total. The molecule has 10 heteroatoms. The fourth-order valence-corrected chi connectivity index (χ4v) is 4.38. The molecule has 3 rings (SSSR count). The molecule has 0 radical (unpaired) electrons. The number of nitriles is 1. The van der Waals surface area contributed by atoms with Crippen LogP contribution >= 0.6 is 34.7 Å². The maximum Gasteiger partial charge on any atom is 0.277 e. The zero-order valence-electron chi connectivity index (χ0n) is 13.5.